The Kier molecular flexibility index (Phi) is 6.13. The Morgan fingerprint density at radius 3 is 2.15 bits per heavy atom. The second-order valence-electron chi connectivity index (χ2n) is 6.31. The number of nitrogens with one attached hydrogen (secondary N) is 1. The summed E-state index contributed by atoms with van der Waals surface area (Å²) in [4.78, 5) is 13.0. The lowest BCUT2D eigenvalue weighted by Gasteiger charge is -2.10. The van der Waals surface area contributed by atoms with Gasteiger partial charge in [0.05, 0.1) is 0 Å². The van der Waals surface area contributed by atoms with Crippen LogP contribution in [0.15, 0.2) is 90.5 Å². The molecule has 0 aliphatic rings. The first-order chi connectivity index (χ1) is 12.7. The number of aryl methyl sites for hydroxylation is 1. The predicted octanol–water partition coefficient (Wildman–Crippen LogP) is 5.05. The van der Waals surface area contributed by atoms with Gasteiger partial charge in [-0.1, -0.05) is 84.9 Å². The fourth-order valence-electron chi connectivity index (χ4n) is 2.85. The van der Waals surface area contributed by atoms with Crippen LogP contribution < -0.4 is 5.32 Å². The molecule has 0 unspecified atom stereocenters. The molecule has 0 bridgehead atoms. The van der Waals surface area contributed by atoms with Crippen molar-refractivity contribution in [1.29, 1.82) is 0 Å². The monoisotopic (exact) mass is 341 g/mol. The molecule has 0 heterocycles. The number of hydrogen-bond acceptors (Lipinski definition) is 2. The zero-order valence-corrected chi connectivity index (χ0v) is 15.0. The molecule has 0 saturated carbocycles. The molecule has 130 valence electrons. The molecule has 0 spiro atoms. The molecule has 3 aromatic rings. The van der Waals surface area contributed by atoms with Gasteiger partial charge in [0.1, 0.15) is 0 Å². The van der Waals surface area contributed by atoms with E-state index < -0.39 is 0 Å². The third-order valence-electron chi connectivity index (χ3n) is 4.33. The molecule has 0 atom stereocenters. The standard InChI is InChI=1S/C24H23NO/c1-19-10-8-9-15-22(19)16-23(24(26)21-13-6-3-7-14-21)18-25-17-20-11-4-2-5-12-20/h2-16,25H,17-18H2,1H3/b23-16+. The van der Waals surface area contributed by atoms with Gasteiger partial charge in [-0.05, 0) is 29.7 Å². The van der Waals surface area contributed by atoms with Gasteiger partial charge in [0.15, 0.2) is 5.78 Å². The van der Waals surface area contributed by atoms with Crippen molar-refractivity contribution in [3.05, 3.63) is 113 Å². The van der Waals surface area contributed by atoms with Crippen LogP contribution in [0.3, 0.4) is 0 Å². The summed E-state index contributed by atoms with van der Waals surface area (Å²) in [7, 11) is 0. The summed E-state index contributed by atoms with van der Waals surface area (Å²) in [5.41, 5.74) is 4.92. The average molecular weight is 341 g/mol. The Morgan fingerprint density at radius 2 is 1.46 bits per heavy atom. The molecule has 2 heteroatoms. The highest BCUT2D eigenvalue weighted by atomic mass is 16.1. The zero-order chi connectivity index (χ0) is 18.2. The van der Waals surface area contributed by atoms with Gasteiger partial charge in [-0.25, -0.2) is 0 Å². The molecule has 3 aromatic carbocycles. The number of hydrogen-bond donors (Lipinski definition) is 1. The summed E-state index contributed by atoms with van der Waals surface area (Å²) in [5, 5.41) is 3.40. The first-order valence-corrected chi connectivity index (χ1v) is 8.84. The summed E-state index contributed by atoms with van der Waals surface area (Å²) in [6.45, 7) is 3.32. The molecule has 0 fully saturated rings. The van der Waals surface area contributed by atoms with Gasteiger partial charge in [-0.3, -0.25) is 4.79 Å². The lowest BCUT2D eigenvalue weighted by molar-refractivity contribution is 0.103. The largest absolute Gasteiger partial charge is 0.308 e. The molecule has 0 radical (unpaired) electrons. The Hall–Kier alpha value is -2.97. The molecule has 2 nitrogen and oxygen atoms in total. The van der Waals surface area contributed by atoms with Crippen LogP contribution in [-0.2, 0) is 6.54 Å². The van der Waals surface area contributed by atoms with Crippen molar-refractivity contribution in [3.8, 4) is 0 Å². The van der Waals surface area contributed by atoms with E-state index in [0.29, 0.717) is 12.1 Å². The van der Waals surface area contributed by atoms with E-state index in [0.717, 1.165) is 23.2 Å². The number of carbonyl (C=O) groups excluding carboxylic acids is 1. The van der Waals surface area contributed by atoms with Crippen LogP contribution in [0, 0.1) is 6.92 Å². The lowest BCUT2D eigenvalue weighted by Crippen LogP contribution is -2.21. The van der Waals surface area contributed by atoms with Crippen molar-refractivity contribution >= 4 is 11.9 Å². The Labute approximate surface area is 155 Å². The van der Waals surface area contributed by atoms with Gasteiger partial charge < -0.3 is 5.32 Å². The van der Waals surface area contributed by atoms with Gasteiger partial charge in [0, 0.05) is 24.2 Å². The van der Waals surface area contributed by atoms with Crippen LogP contribution in [0.4, 0.5) is 0 Å². The molecule has 0 aromatic heterocycles. The van der Waals surface area contributed by atoms with Crippen molar-refractivity contribution in [2.24, 2.45) is 0 Å². The van der Waals surface area contributed by atoms with E-state index in [1.54, 1.807) is 0 Å². The van der Waals surface area contributed by atoms with Crippen LogP contribution in [-0.4, -0.2) is 12.3 Å². The third-order valence-corrected chi connectivity index (χ3v) is 4.33. The van der Waals surface area contributed by atoms with Crippen molar-refractivity contribution < 1.29 is 4.79 Å². The minimum atomic E-state index is 0.0643. The highest BCUT2D eigenvalue weighted by Crippen LogP contribution is 2.16. The van der Waals surface area contributed by atoms with Gasteiger partial charge in [-0.15, -0.1) is 0 Å². The smallest absolute Gasteiger partial charge is 0.190 e. The maximum absolute atomic E-state index is 13.0. The second-order valence-corrected chi connectivity index (χ2v) is 6.31. The molecule has 0 amide bonds. The Balaban J connectivity index is 1.81. The molecule has 0 aliphatic carbocycles. The van der Waals surface area contributed by atoms with E-state index in [4.69, 9.17) is 0 Å². The zero-order valence-electron chi connectivity index (χ0n) is 15.0. The molecular formula is C24H23NO. The van der Waals surface area contributed by atoms with Crippen LogP contribution in [0.5, 0.6) is 0 Å². The predicted molar refractivity (Wildman–Crippen MR) is 108 cm³/mol. The van der Waals surface area contributed by atoms with E-state index >= 15 is 0 Å². The fraction of sp³-hybridized carbons (Fsp3) is 0.125. The van der Waals surface area contributed by atoms with Gasteiger partial charge >= 0.3 is 0 Å². The number of benzene rings is 3. The maximum atomic E-state index is 13.0. The van der Waals surface area contributed by atoms with Crippen molar-refractivity contribution in [3.63, 3.8) is 0 Å². The Bertz CT molecular complexity index is 882. The fourth-order valence-corrected chi connectivity index (χ4v) is 2.85. The summed E-state index contributed by atoms with van der Waals surface area (Å²) >= 11 is 0. The van der Waals surface area contributed by atoms with E-state index in [9.17, 15) is 4.79 Å². The van der Waals surface area contributed by atoms with Crippen LogP contribution in [0.2, 0.25) is 0 Å². The highest BCUT2D eigenvalue weighted by molar-refractivity contribution is 6.11. The molecule has 0 aliphatic heterocycles. The minimum Gasteiger partial charge on any atom is -0.308 e. The average Bonchev–Trinajstić information content (AvgIpc) is 2.70. The molecule has 3 rings (SSSR count). The minimum absolute atomic E-state index is 0.0643. The number of carbonyl (C=O) groups is 1. The van der Waals surface area contributed by atoms with Crippen molar-refractivity contribution in [1.82, 2.24) is 5.32 Å². The third kappa shape index (κ3) is 4.78. The Morgan fingerprint density at radius 1 is 0.846 bits per heavy atom. The SMILES string of the molecule is Cc1ccccc1/C=C(\CNCc1ccccc1)C(=O)c1ccccc1. The molecule has 26 heavy (non-hydrogen) atoms. The summed E-state index contributed by atoms with van der Waals surface area (Å²) in [6.07, 6.45) is 2.00. The van der Waals surface area contributed by atoms with Crippen LogP contribution in [0.1, 0.15) is 27.0 Å². The quantitative estimate of drug-likeness (QED) is 0.481. The molecule has 1 N–H and O–H groups in total. The van der Waals surface area contributed by atoms with E-state index in [1.807, 2.05) is 72.8 Å². The van der Waals surface area contributed by atoms with Crippen LogP contribution >= 0.6 is 0 Å². The second kappa shape index (κ2) is 8.93. The highest BCUT2D eigenvalue weighted by Gasteiger charge is 2.12. The summed E-state index contributed by atoms with van der Waals surface area (Å²) < 4.78 is 0. The van der Waals surface area contributed by atoms with Gasteiger partial charge in [-0.2, -0.15) is 0 Å². The summed E-state index contributed by atoms with van der Waals surface area (Å²) in [6, 6.07) is 27.8. The van der Waals surface area contributed by atoms with Crippen molar-refractivity contribution in [2.75, 3.05) is 6.54 Å². The lowest BCUT2D eigenvalue weighted by atomic mass is 9.99. The molecule has 0 saturated heterocycles. The topological polar surface area (TPSA) is 29.1 Å². The van der Waals surface area contributed by atoms with E-state index in [1.165, 1.54) is 5.56 Å². The van der Waals surface area contributed by atoms with Gasteiger partial charge in [0.2, 0.25) is 0 Å². The first kappa shape index (κ1) is 17.8. The number of rotatable bonds is 7. The maximum Gasteiger partial charge on any atom is 0.190 e. The first-order valence-electron chi connectivity index (χ1n) is 8.84. The van der Waals surface area contributed by atoms with E-state index in [-0.39, 0.29) is 5.78 Å². The summed E-state index contributed by atoms with van der Waals surface area (Å²) in [5.74, 6) is 0.0643. The van der Waals surface area contributed by atoms with Crippen molar-refractivity contribution in [2.45, 2.75) is 13.5 Å². The number of Topliss-reactive ketones (excluding diaryl/α,β-unsaturated/α-hetero) is 1. The van der Waals surface area contributed by atoms with E-state index in [2.05, 4.69) is 30.4 Å². The molecular weight excluding hydrogens is 318 g/mol. The van der Waals surface area contributed by atoms with Gasteiger partial charge in [0.25, 0.3) is 0 Å². The number of ketones is 1. The van der Waals surface area contributed by atoms with Crippen LogP contribution in [0.25, 0.3) is 6.08 Å². The normalized spacial score (nSPS) is 11.3.